The highest BCUT2D eigenvalue weighted by Crippen LogP contribution is 2.27. The number of aryl methyl sites for hydroxylation is 1. The van der Waals surface area contributed by atoms with Crippen molar-refractivity contribution in [3.05, 3.63) is 17.0 Å². The molecule has 0 spiro atoms. The molecule has 1 heterocycles. The molecule has 0 aromatic carbocycles. The van der Waals surface area contributed by atoms with Crippen molar-refractivity contribution in [2.75, 3.05) is 6.61 Å². The van der Waals surface area contributed by atoms with Crippen molar-refractivity contribution in [3.8, 4) is 0 Å². The summed E-state index contributed by atoms with van der Waals surface area (Å²) in [6.45, 7) is 0.570. The topological polar surface area (TPSA) is 55.0 Å². The van der Waals surface area contributed by atoms with Crippen LogP contribution in [0.4, 0.5) is 0 Å². The Morgan fingerprint density at radius 1 is 1.38 bits per heavy atom. The van der Waals surface area contributed by atoms with Gasteiger partial charge >= 0.3 is 5.97 Å². The van der Waals surface area contributed by atoms with E-state index in [0.29, 0.717) is 18.2 Å². The molecule has 0 saturated heterocycles. The van der Waals surface area contributed by atoms with Crippen LogP contribution in [-0.2, 0) is 17.6 Å². The van der Waals surface area contributed by atoms with Crippen LogP contribution in [0.2, 0.25) is 0 Å². The van der Waals surface area contributed by atoms with Gasteiger partial charge in [-0.2, -0.15) is 5.10 Å². The second-order valence-corrected chi connectivity index (χ2v) is 4.78. The average molecular weight is 220 g/mol. The maximum Gasteiger partial charge on any atom is 0.359 e. The number of aromatic amines is 1. The minimum atomic E-state index is -0.244. The number of nitrogens with one attached hydrogen (secondary N) is 1. The smallest absolute Gasteiger partial charge is 0.359 e. The van der Waals surface area contributed by atoms with Crippen LogP contribution in [0.5, 0.6) is 0 Å². The Morgan fingerprint density at radius 2 is 2.25 bits per heavy atom. The summed E-state index contributed by atoms with van der Waals surface area (Å²) in [6.07, 6.45) is 6.77. The van der Waals surface area contributed by atoms with Crippen LogP contribution in [0.1, 0.15) is 47.4 Å². The van der Waals surface area contributed by atoms with Crippen molar-refractivity contribution in [2.45, 2.75) is 38.5 Å². The zero-order chi connectivity index (χ0) is 11.0. The normalized spacial score (nSPS) is 19.2. The SMILES string of the molecule is O=C(OCC1CCC1)c1n[nH]c2c1CCC2. The minimum Gasteiger partial charge on any atom is -0.461 e. The van der Waals surface area contributed by atoms with Gasteiger partial charge in [0.2, 0.25) is 0 Å². The highest BCUT2D eigenvalue weighted by molar-refractivity contribution is 5.89. The van der Waals surface area contributed by atoms with Gasteiger partial charge < -0.3 is 4.74 Å². The summed E-state index contributed by atoms with van der Waals surface area (Å²) >= 11 is 0. The molecule has 4 heteroatoms. The van der Waals surface area contributed by atoms with E-state index in [0.717, 1.165) is 30.5 Å². The largest absolute Gasteiger partial charge is 0.461 e. The molecule has 1 fully saturated rings. The maximum atomic E-state index is 11.8. The van der Waals surface area contributed by atoms with E-state index >= 15 is 0 Å². The Hall–Kier alpha value is -1.32. The summed E-state index contributed by atoms with van der Waals surface area (Å²) in [5.41, 5.74) is 2.72. The summed E-state index contributed by atoms with van der Waals surface area (Å²) in [5, 5.41) is 6.99. The van der Waals surface area contributed by atoms with Gasteiger partial charge in [-0.05, 0) is 38.0 Å². The Bertz CT molecular complexity index is 407. The number of fused-ring (bicyclic) bond motifs is 1. The molecule has 0 atom stereocenters. The predicted octanol–water partition coefficient (Wildman–Crippen LogP) is 1.86. The van der Waals surface area contributed by atoms with E-state index in [1.165, 1.54) is 19.3 Å². The fraction of sp³-hybridized carbons (Fsp3) is 0.667. The van der Waals surface area contributed by atoms with Gasteiger partial charge in [0.05, 0.1) is 6.61 Å². The summed E-state index contributed by atoms with van der Waals surface area (Å²) in [6, 6.07) is 0. The lowest BCUT2D eigenvalue weighted by Gasteiger charge is -2.24. The van der Waals surface area contributed by atoms with Gasteiger partial charge in [-0.25, -0.2) is 4.79 Å². The second-order valence-electron chi connectivity index (χ2n) is 4.78. The van der Waals surface area contributed by atoms with Gasteiger partial charge in [0.15, 0.2) is 5.69 Å². The third-order valence-electron chi connectivity index (χ3n) is 3.67. The Kier molecular flexibility index (Phi) is 2.42. The van der Waals surface area contributed by atoms with Crippen LogP contribution < -0.4 is 0 Å². The van der Waals surface area contributed by atoms with Crippen LogP contribution in [0.15, 0.2) is 0 Å². The molecule has 0 bridgehead atoms. The number of hydrogen-bond acceptors (Lipinski definition) is 3. The van der Waals surface area contributed by atoms with Crippen molar-refractivity contribution in [3.63, 3.8) is 0 Å². The standard InChI is InChI=1S/C12H16N2O2/c15-12(16-7-8-3-1-4-8)11-9-5-2-6-10(9)13-14-11/h8H,1-7H2,(H,13,14). The molecule has 4 nitrogen and oxygen atoms in total. The lowest BCUT2D eigenvalue weighted by atomic mass is 9.86. The Balaban J connectivity index is 1.64. The van der Waals surface area contributed by atoms with E-state index in [9.17, 15) is 4.79 Å². The predicted molar refractivity (Wildman–Crippen MR) is 58.2 cm³/mol. The lowest BCUT2D eigenvalue weighted by Crippen LogP contribution is -2.20. The fourth-order valence-corrected chi connectivity index (χ4v) is 2.41. The lowest BCUT2D eigenvalue weighted by molar-refractivity contribution is 0.0363. The zero-order valence-corrected chi connectivity index (χ0v) is 9.29. The van der Waals surface area contributed by atoms with E-state index in [-0.39, 0.29) is 5.97 Å². The van der Waals surface area contributed by atoms with Gasteiger partial charge in [0.25, 0.3) is 0 Å². The van der Waals surface area contributed by atoms with E-state index in [2.05, 4.69) is 10.2 Å². The molecule has 0 aliphatic heterocycles. The minimum absolute atomic E-state index is 0.244. The highest BCUT2D eigenvalue weighted by Gasteiger charge is 2.25. The number of carbonyl (C=O) groups excluding carboxylic acids is 1. The van der Waals surface area contributed by atoms with Gasteiger partial charge in [-0.15, -0.1) is 0 Å². The molecule has 0 radical (unpaired) electrons. The van der Waals surface area contributed by atoms with Crippen LogP contribution in [0, 0.1) is 5.92 Å². The van der Waals surface area contributed by atoms with Crippen LogP contribution in [-0.4, -0.2) is 22.8 Å². The zero-order valence-electron chi connectivity index (χ0n) is 9.29. The van der Waals surface area contributed by atoms with E-state index in [4.69, 9.17) is 4.74 Å². The Labute approximate surface area is 94.4 Å². The number of aromatic nitrogens is 2. The van der Waals surface area contributed by atoms with Crippen molar-refractivity contribution in [1.82, 2.24) is 10.2 Å². The Morgan fingerprint density at radius 3 is 3.00 bits per heavy atom. The number of ether oxygens (including phenoxy) is 1. The summed E-state index contributed by atoms with van der Waals surface area (Å²) in [7, 11) is 0. The molecular weight excluding hydrogens is 204 g/mol. The number of H-pyrrole nitrogens is 1. The molecule has 1 aromatic heterocycles. The van der Waals surface area contributed by atoms with Gasteiger partial charge in [-0.1, -0.05) is 6.42 Å². The number of carbonyl (C=O) groups is 1. The third-order valence-corrected chi connectivity index (χ3v) is 3.67. The second kappa shape index (κ2) is 3.92. The highest BCUT2D eigenvalue weighted by atomic mass is 16.5. The van der Waals surface area contributed by atoms with Crippen LogP contribution in [0.3, 0.4) is 0 Å². The van der Waals surface area contributed by atoms with E-state index in [1.54, 1.807) is 0 Å². The van der Waals surface area contributed by atoms with E-state index in [1.807, 2.05) is 0 Å². The fourth-order valence-electron chi connectivity index (χ4n) is 2.41. The first kappa shape index (κ1) is 9.87. The van der Waals surface area contributed by atoms with Crippen LogP contribution in [0.25, 0.3) is 0 Å². The first-order valence-electron chi connectivity index (χ1n) is 6.08. The van der Waals surface area contributed by atoms with Gasteiger partial charge in [0.1, 0.15) is 0 Å². The third kappa shape index (κ3) is 1.62. The monoisotopic (exact) mass is 220 g/mol. The molecule has 2 aliphatic carbocycles. The summed E-state index contributed by atoms with van der Waals surface area (Å²) in [4.78, 5) is 11.8. The molecule has 1 aromatic rings. The number of rotatable bonds is 3. The van der Waals surface area contributed by atoms with Gasteiger partial charge in [-0.3, -0.25) is 5.10 Å². The molecule has 3 rings (SSSR count). The summed E-state index contributed by atoms with van der Waals surface area (Å²) in [5.74, 6) is 0.349. The first-order valence-corrected chi connectivity index (χ1v) is 6.08. The first-order chi connectivity index (χ1) is 7.84. The van der Waals surface area contributed by atoms with Crippen molar-refractivity contribution < 1.29 is 9.53 Å². The molecule has 2 aliphatic rings. The quantitative estimate of drug-likeness (QED) is 0.791. The number of esters is 1. The number of nitrogens with zero attached hydrogens (tertiary/aromatic N) is 1. The van der Waals surface area contributed by atoms with Crippen molar-refractivity contribution in [2.24, 2.45) is 5.92 Å². The van der Waals surface area contributed by atoms with Gasteiger partial charge in [0, 0.05) is 11.3 Å². The molecule has 1 saturated carbocycles. The van der Waals surface area contributed by atoms with E-state index < -0.39 is 0 Å². The molecular formula is C12H16N2O2. The van der Waals surface area contributed by atoms with Crippen molar-refractivity contribution >= 4 is 5.97 Å². The average Bonchev–Trinajstić information content (AvgIpc) is 2.74. The number of hydrogen-bond donors (Lipinski definition) is 1. The molecule has 1 N–H and O–H groups in total. The summed E-state index contributed by atoms with van der Waals surface area (Å²) < 4.78 is 5.29. The molecule has 0 amide bonds. The molecule has 16 heavy (non-hydrogen) atoms. The molecule has 0 unspecified atom stereocenters. The van der Waals surface area contributed by atoms with Crippen molar-refractivity contribution in [1.29, 1.82) is 0 Å². The maximum absolute atomic E-state index is 11.8. The van der Waals surface area contributed by atoms with Crippen LogP contribution >= 0.6 is 0 Å². The molecule has 86 valence electrons.